The van der Waals surface area contributed by atoms with Crippen molar-refractivity contribution in [3.05, 3.63) is 71.8 Å². The molecule has 31 heavy (non-hydrogen) atoms. The molecule has 1 heterocycles. The SMILES string of the molecule is CCNC(=NCC(O)(Cc1ccccc1)c1ccccc1)NCCCOC1CCOC1. The number of guanidine groups is 1. The fourth-order valence-electron chi connectivity index (χ4n) is 3.66. The molecule has 1 fully saturated rings. The zero-order chi connectivity index (χ0) is 21.8. The Hall–Kier alpha value is -2.41. The van der Waals surface area contributed by atoms with Gasteiger partial charge in [-0.3, -0.25) is 0 Å². The first-order valence-electron chi connectivity index (χ1n) is 11.2. The molecule has 6 nitrogen and oxygen atoms in total. The Kier molecular flexibility index (Phi) is 9.34. The van der Waals surface area contributed by atoms with Gasteiger partial charge in [0.2, 0.25) is 0 Å². The molecule has 0 aliphatic carbocycles. The van der Waals surface area contributed by atoms with Crippen LogP contribution in [0.5, 0.6) is 0 Å². The second kappa shape index (κ2) is 12.4. The highest BCUT2D eigenvalue weighted by Crippen LogP contribution is 2.26. The first kappa shape index (κ1) is 23.3. The average Bonchev–Trinajstić information content (AvgIpc) is 3.32. The standard InChI is InChI=1S/C25H35N3O3/c1-2-26-24(27-15-9-16-31-23-14-17-30-19-23)28-20-25(29,22-12-7-4-8-13-22)18-21-10-5-3-6-11-21/h3-8,10-13,23,29H,2,9,14-20H2,1H3,(H2,26,27,28). The Bertz CT molecular complexity index is 779. The number of hydrogen-bond donors (Lipinski definition) is 3. The number of aliphatic hydroxyl groups is 1. The molecule has 0 saturated carbocycles. The lowest BCUT2D eigenvalue weighted by Crippen LogP contribution is -2.40. The van der Waals surface area contributed by atoms with Crippen LogP contribution < -0.4 is 10.6 Å². The van der Waals surface area contributed by atoms with Crippen molar-refractivity contribution in [1.82, 2.24) is 10.6 Å². The van der Waals surface area contributed by atoms with Crippen molar-refractivity contribution in [1.29, 1.82) is 0 Å². The Morgan fingerprint density at radius 2 is 1.87 bits per heavy atom. The van der Waals surface area contributed by atoms with E-state index < -0.39 is 5.60 Å². The van der Waals surface area contributed by atoms with Crippen LogP contribution in [0.15, 0.2) is 65.7 Å². The van der Waals surface area contributed by atoms with E-state index >= 15 is 0 Å². The Morgan fingerprint density at radius 3 is 2.55 bits per heavy atom. The van der Waals surface area contributed by atoms with E-state index in [1.54, 1.807) is 0 Å². The Balaban J connectivity index is 1.60. The third-order valence-electron chi connectivity index (χ3n) is 5.35. The molecule has 168 valence electrons. The molecule has 0 amide bonds. The summed E-state index contributed by atoms with van der Waals surface area (Å²) >= 11 is 0. The smallest absolute Gasteiger partial charge is 0.191 e. The highest BCUT2D eigenvalue weighted by molar-refractivity contribution is 5.79. The van der Waals surface area contributed by atoms with Gasteiger partial charge in [-0.15, -0.1) is 0 Å². The van der Waals surface area contributed by atoms with Crippen LogP contribution in [0.4, 0.5) is 0 Å². The van der Waals surface area contributed by atoms with Crippen LogP contribution in [0.2, 0.25) is 0 Å². The van der Waals surface area contributed by atoms with Gasteiger partial charge in [0, 0.05) is 32.7 Å². The maximum absolute atomic E-state index is 11.6. The highest BCUT2D eigenvalue weighted by atomic mass is 16.5. The van der Waals surface area contributed by atoms with Gasteiger partial charge in [-0.2, -0.15) is 0 Å². The van der Waals surface area contributed by atoms with Crippen molar-refractivity contribution in [3.8, 4) is 0 Å². The zero-order valence-electron chi connectivity index (χ0n) is 18.4. The van der Waals surface area contributed by atoms with Gasteiger partial charge in [0.05, 0.1) is 19.3 Å². The molecule has 3 N–H and O–H groups in total. The van der Waals surface area contributed by atoms with Crippen molar-refractivity contribution in [2.75, 3.05) is 39.5 Å². The number of ether oxygens (including phenoxy) is 2. The topological polar surface area (TPSA) is 75.1 Å². The molecule has 2 aromatic rings. The quantitative estimate of drug-likeness (QED) is 0.293. The van der Waals surface area contributed by atoms with Crippen LogP contribution in [-0.4, -0.2) is 56.6 Å². The summed E-state index contributed by atoms with van der Waals surface area (Å²) in [5, 5.41) is 18.2. The first-order valence-corrected chi connectivity index (χ1v) is 11.2. The predicted molar refractivity (Wildman–Crippen MR) is 124 cm³/mol. The molecule has 6 heteroatoms. The van der Waals surface area contributed by atoms with Gasteiger partial charge in [0.1, 0.15) is 5.60 Å². The second-order valence-corrected chi connectivity index (χ2v) is 7.89. The summed E-state index contributed by atoms with van der Waals surface area (Å²) in [6.07, 6.45) is 2.60. The summed E-state index contributed by atoms with van der Waals surface area (Å²) < 4.78 is 11.2. The predicted octanol–water partition coefficient (Wildman–Crippen LogP) is 2.87. The minimum Gasteiger partial charge on any atom is -0.383 e. The lowest BCUT2D eigenvalue weighted by atomic mass is 9.87. The first-order chi connectivity index (χ1) is 15.2. The summed E-state index contributed by atoms with van der Waals surface area (Å²) in [6, 6.07) is 19.8. The number of nitrogens with zero attached hydrogens (tertiary/aromatic N) is 1. The number of rotatable bonds is 11. The molecule has 0 spiro atoms. The normalized spacial score (nSPS) is 18.5. The molecule has 2 aromatic carbocycles. The van der Waals surface area contributed by atoms with E-state index in [-0.39, 0.29) is 12.6 Å². The fourth-order valence-corrected chi connectivity index (χ4v) is 3.66. The van der Waals surface area contributed by atoms with Crippen LogP contribution in [0.1, 0.15) is 30.9 Å². The van der Waals surface area contributed by atoms with Gasteiger partial charge in [-0.1, -0.05) is 60.7 Å². The van der Waals surface area contributed by atoms with E-state index in [1.807, 2.05) is 67.6 Å². The maximum Gasteiger partial charge on any atom is 0.191 e. The lowest BCUT2D eigenvalue weighted by Gasteiger charge is -2.28. The minimum atomic E-state index is -1.09. The molecule has 3 rings (SSSR count). The number of nitrogens with one attached hydrogen (secondary N) is 2. The van der Waals surface area contributed by atoms with Crippen molar-refractivity contribution in [2.24, 2.45) is 4.99 Å². The van der Waals surface area contributed by atoms with Gasteiger partial charge < -0.3 is 25.2 Å². The molecule has 2 unspecified atom stereocenters. The van der Waals surface area contributed by atoms with Crippen molar-refractivity contribution < 1.29 is 14.6 Å². The Labute approximate surface area is 185 Å². The van der Waals surface area contributed by atoms with Gasteiger partial charge in [0.15, 0.2) is 5.96 Å². The van der Waals surface area contributed by atoms with Crippen molar-refractivity contribution in [3.63, 3.8) is 0 Å². The number of benzene rings is 2. The maximum atomic E-state index is 11.6. The summed E-state index contributed by atoms with van der Waals surface area (Å²) in [6.45, 7) is 6.00. The highest BCUT2D eigenvalue weighted by Gasteiger charge is 2.29. The molecule has 1 aliphatic rings. The molecular formula is C25H35N3O3. The minimum absolute atomic E-state index is 0.237. The summed E-state index contributed by atoms with van der Waals surface area (Å²) in [7, 11) is 0. The van der Waals surface area contributed by atoms with E-state index in [4.69, 9.17) is 14.5 Å². The molecule has 0 bridgehead atoms. The molecule has 1 saturated heterocycles. The van der Waals surface area contributed by atoms with Gasteiger partial charge in [0.25, 0.3) is 0 Å². The Morgan fingerprint density at radius 1 is 1.13 bits per heavy atom. The van der Waals surface area contributed by atoms with Gasteiger partial charge in [-0.25, -0.2) is 4.99 Å². The van der Waals surface area contributed by atoms with Crippen molar-refractivity contribution in [2.45, 2.75) is 37.9 Å². The van der Waals surface area contributed by atoms with Crippen LogP contribution in [0.25, 0.3) is 0 Å². The van der Waals surface area contributed by atoms with Crippen LogP contribution in [0.3, 0.4) is 0 Å². The van der Waals surface area contributed by atoms with Gasteiger partial charge in [-0.05, 0) is 30.9 Å². The van der Waals surface area contributed by atoms with Crippen LogP contribution >= 0.6 is 0 Å². The second-order valence-electron chi connectivity index (χ2n) is 7.89. The monoisotopic (exact) mass is 425 g/mol. The molecule has 0 radical (unpaired) electrons. The third-order valence-corrected chi connectivity index (χ3v) is 5.35. The number of aliphatic imine (C=N–C) groups is 1. The van der Waals surface area contributed by atoms with Gasteiger partial charge >= 0.3 is 0 Å². The third kappa shape index (κ3) is 7.65. The lowest BCUT2D eigenvalue weighted by molar-refractivity contribution is 0.0418. The van der Waals surface area contributed by atoms with E-state index in [9.17, 15) is 5.11 Å². The molecule has 0 aromatic heterocycles. The molecule has 2 atom stereocenters. The molecular weight excluding hydrogens is 390 g/mol. The van der Waals surface area contributed by atoms with Crippen LogP contribution in [-0.2, 0) is 21.5 Å². The van der Waals surface area contributed by atoms with Crippen LogP contribution in [0, 0.1) is 0 Å². The van der Waals surface area contributed by atoms with E-state index in [1.165, 1.54) is 0 Å². The largest absolute Gasteiger partial charge is 0.383 e. The number of hydrogen-bond acceptors (Lipinski definition) is 4. The van der Waals surface area contributed by atoms with Crippen molar-refractivity contribution >= 4 is 5.96 Å². The average molecular weight is 426 g/mol. The summed E-state index contributed by atoms with van der Waals surface area (Å²) in [5.74, 6) is 0.703. The zero-order valence-corrected chi connectivity index (χ0v) is 18.4. The van der Waals surface area contributed by atoms with E-state index in [0.29, 0.717) is 25.6 Å². The summed E-state index contributed by atoms with van der Waals surface area (Å²) in [5.41, 5.74) is 0.858. The van der Waals surface area contributed by atoms with E-state index in [2.05, 4.69) is 10.6 Å². The summed E-state index contributed by atoms with van der Waals surface area (Å²) in [4.78, 5) is 4.72. The fraction of sp³-hybridized carbons (Fsp3) is 0.480. The van der Waals surface area contributed by atoms with E-state index in [0.717, 1.165) is 43.7 Å². The molecule has 1 aliphatic heterocycles.